The molecule has 139 valence electrons. The standard InChI is InChI=1S/C25H39/c1-2-4-6-8-10-12-14-16-18-20-22-24-25-23-21-19-17-15-13-11-9-7-5-3-1/h1-9H,10,12-25H2/b3-1-,4-2-,7-5+,8-6+,11-9?. The van der Waals surface area contributed by atoms with Gasteiger partial charge in [-0.2, -0.15) is 0 Å². The topological polar surface area (TPSA) is 0 Å². The molecule has 0 nitrogen and oxygen atoms in total. The normalized spacial score (nSPS) is 27.2. The highest BCUT2D eigenvalue weighted by atomic mass is 14.0. The summed E-state index contributed by atoms with van der Waals surface area (Å²) in [4.78, 5) is 0. The Morgan fingerprint density at radius 3 is 1.44 bits per heavy atom. The average Bonchev–Trinajstić information content (AvgIpc) is 2.62. The molecule has 0 spiro atoms. The van der Waals surface area contributed by atoms with E-state index in [1.807, 2.05) is 0 Å². The smallest absolute Gasteiger partial charge is 0.0276 e. The molecule has 0 aromatic rings. The molecule has 0 saturated heterocycles. The fraction of sp³-hybridized carbons (Fsp3) is 0.600. The third kappa shape index (κ3) is 17.3. The minimum absolute atomic E-state index is 1.10. The third-order valence-electron chi connectivity index (χ3n) is 4.71. The number of hydrogen-bond donors (Lipinski definition) is 0. The Labute approximate surface area is 157 Å². The molecule has 0 heteroatoms. The first-order valence-corrected chi connectivity index (χ1v) is 10.7. The lowest BCUT2D eigenvalue weighted by Gasteiger charge is -2.02. The maximum Gasteiger partial charge on any atom is -0.0276 e. The second-order valence-corrected chi connectivity index (χ2v) is 7.09. The Bertz CT molecular complexity index is 368. The first kappa shape index (κ1) is 21.7. The number of rotatable bonds is 0. The van der Waals surface area contributed by atoms with E-state index in [1.54, 1.807) is 0 Å². The maximum absolute atomic E-state index is 3.37. The van der Waals surface area contributed by atoms with Gasteiger partial charge in [-0.3, -0.25) is 0 Å². The number of allylic oxidation sites excluding steroid dienone is 10. The molecular weight excluding hydrogens is 300 g/mol. The van der Waals surface area contributed by atoms with Crippen LogP contribution < -0.4 is 0 Å². The van der Waals surface area contributed by atoms with Crippen LogP contribution >= 0.6 is 0 Å². The Balaban J connectivity index is 2.24. The molecule has 0 amide bonds. The molecule has 0 atom stereocenters. The second-order valence-electron chi connectivity index (χ2n) is 7.09. The molecule has 0 saturated carbocycles. The summed E-state index contributed by atoms with van der Waals surface area (Å²) in [6, 6.07) is 0. The Morgan fingerprint density at radius 2 is 0.840 bits per heavy atom. The maximum atomic E-state index is 3.37. The monoisotopic (exact) mass is 339 g/mol. The van der Waals surface area contributed by atoms with Gasteiger partial charge in [0.1, 0.15) is 0 Å². The first-order chi connectivity index (χ1) is 12.5. The molecule has 0 aliphatic heterocycles. The van der Waals surface area contributed by atoms with Crippen molar-refractivity contribution >= 4 is 0 Å². The van der Waals surface area contributed by atoms with Crippen LogP contribution in [0.5, 0.6) is 0 Å². The minimum atomic E-state index is 1.10. The first-order valence-electron chi connectivity index (χ1n) is 10.7. The van der Waals surface area contributed by atoms with E-state index in [0.29, 0.717) is 0 Å². The van der Waals surface area contributed by atoms with Crippen LogP contribution in [0.3, 0.4) is 0 Å². The molecule has 1 aliphatic rings. The molecule has 0 bridgehead atoms. The van der Waals surface area contributed by atoms with E-state index in [-0.39, 0.29) is 0 Å². The largest absolute Gasteiger partial charge is 0.0845 e. The van der Waals surface area contributed by atoms with Gasteiger partial charge in [-0.05, 0) is 31.8 Å². The van der Waals surface area contributed by atoms with Crippen LogP contribution in [0.4, 0.5) is 0 Å². The fourth-order valence-corrected chi connectivity index (χ4v) is 3.14. The van der Waals surface area contributed by atoms with Gasteiger partial charge in [0.25, 0.3) is 0 Å². The van der Waals surface area contributed by atoms with Gasteiger partial charge in [0.05, 0.1) is 0 Å². The average molecular weight is 340 g/mol. The lowest BCUT2D eigenvalue weighted by Crippen LogP contribution is -1.83. The summed E-state index contributed by atoms with van der Waals surface area (Å²) in [6.07, 6.45) is 43.0. The van der Waals surface area contributed by atoms with E-state index in [4.69, 9.17) is 0 Å². The summed E-state index contributed by atoms with van der Waals surface area (Å²) >= 11 is 0. The van der Waals surface area contributed by atoms with Crippen molar-refractivity contribution in [2.45, 2.75) is 96.3 Å². The highest BCUT2D eigenvalue weighted by Crippen LogP contribution is 2.13. The lowest BCUT2D eigenvalue weighted by molar-refractivity contribution is 0.537. The molecule has 0 aromatic carbocycles. The summed E-state index contributed by atoms with van der Waals surface area (Å²) in [5, 5.41) is 0. The molecule has 25 heavy (non-hydrogen) atoms. The van der Waals surface area contributed by atoms with Crippen LogP contribution in [0.1, 0.15) is 96.3 Å². The number of hydrogen-bond acceptors (Lipinski definition) is 0. The fourth-order valence-electron chi connectivity index (χ4n) is 3.14. The molecule has 0 fully saturated rings. The quantitative estimate of drug-likeness (QED) is 0.415. The Hall–Kier alpha value is -1.30. The van der Waals surface area contributed by atoms with Crippen molar-refractivity contribution in [3.05, 3.63) is 60.8 Å². The van der Waals surface area contributed by atoms with Gasteiger partial charge in [-0.15, -0.1) is 0 Å². The van der Waals surface area contributed by atoms with E-state index in [9.17, 15) is 0 Å². The van der Waals surface area contributed by atoms with Gasteiger partial charge in [-0.1, -0.05) is 125 Å². The molecule has 0 aromatic heterocycles. The molecular formula is C25H39. The van der Waals surface area contributed by atoms with Crippen molar-refractivity contribution < 1.29 is 0 Å². The van der Waals surface area contributed by atoms with Crippen LogP contribution in [0.25, 0.3) is 0 Å². The zero-order valence-electron chi connectivity index (χ0n) is 16.3. The van der Waals surface area contributed by atoms with Gasteiger partial charge in [0, 0.05) is 0 Å². The second kappa shape index (κ2) is 19.0. The van der Waals surface area contributed by atoms with Crippen molar-refractivity contribution in [2.24, 2.45) is 0 Å². The Kier molecular flexibility index (Phi) is 16.6. The van der Waals surface area contributed by atoms with Gasteiger partial charge >= 0.3 is 0 Å². The molecule has 1 radical (unpaired) electrons. The minimum Gasteiger partial charge on any atom is -0.0845 e. The molecule has 1 rings (SSSR count). The van der Waals surface area contributed by atoms with Crippen molar-refractivity contribution in [1.82, 2.24) is 0 Å². The summed E-state index contributed by atoms with van der Waals surface area (Å²) < 4.78 is 0. The van der Waals surface area contributed by atoms with Gasteiger partial charge in [0.2, 0.25) is 0 Å². The van der Waals surface area contributed by atoms with Crippen LogP contribution in [-0.4, -0.2) is 0 Å². The molecule has 0 heterocycles. The van der Waals surface area contributed by atoms with Crippen LogP contribution in [-0.2, 0) is 0 Å². The predicted octanol–water partition coefficient (Wildman–Crippen LogP) is 8.44. The summed E-state index contributed by atoms with van der Waals surface area (Å²) in [5.74, 6) is 0. The summed E-state index contributed by atoms with van der Waals surface area (Å²) in [7, 11) is 0. The van der Waals surface area contributed by atoms with Crippen LogP contribution in [0, 0.1) is 6.08 Å². The van der Waals surface area contributed by atoms with Gasteiger partial charge in [-0.25, -0.2) is 0 Å². The van der Waals surface area contributed by atoms with E-state index in [2.05, 4.69) is 60.8 Å². The Morgan fingerprint density at radius 1 is 0.400 bits per heavy atom. The van der Waals surface area contributed by atoms with Crippen LogP contribution in [0.2, 0.25) is 0 Å². The van der Waals surface area contributed by atoms with E-state index in [1.165, 1.54) is 89.9 Å². The SMILES string of the molecule is [C]1=C/C=C/C=C\C=C/C=C/CCCCCCCCCCCCCCC/1. The highest BCUT2D eigenvalue weighted by Gasteiger charge is 1.94. The van der Waals surface area contributed by atoms with Crippen molar-refractivity contribution in [2.75, 3.05) is 0 Å². The molecule has 0 unspecified atom stereocenters. The highest BCUT2D eigenvalue weighted by molar-refractivity contribution is 5.17. The summed E-state index contributed by atoms with van der Waals surface area (Å²) in [6.45, 7) is 0. The van der Waals surface area contributed by atoms with Crippen LogP contribution in [0.15, 0.2) is 54.7 Å². The van der Waals surface area contributed by atoms with E-state index < -0.39 is 0 Å². The zero-order chi connectivity index (χ0) is 17.7. The molecule has 0 N–H and O–H groups in total. The van der Waals surface area contributed by atoms with Crippen molar-refractivity contribution in [1.29, 1.82) is 0 Å². The predicted molar refractivity (Wildman–Crippen MR) is 114 cm³/mol. The lowest BCUT2D eigenvalue weighted by atomic mass is 10.0. The molecule has 1 aliphatic carbocycles. The van der Waals surface area contributed by atoms with Crippen molar-refractivity contribution in [3.63, 3.8) is 0 Å². The van der Waals surface area contributed by atoms with E-state index >= 15 is 0 Å². The zero-order valence-corrected chi connectivity index (χ0v) is 16.3. The van der Waals surface area contributed by atoms with Gasteiger partial charge < -0.3 is 0 Å². The van der Waals surface area contributed by atoms with E-state index in [0.717, 1.165) is 6.42 Å². The third-order valence-corrected chi connectivity index (χ3v) is 4.71. The van der Waals surface area contributed by atoms with Gasteiger partial charge in [0.15, 0.2) is 0 Å². The summed E-state index contributed by atoms with van der Waals surface area (Å²) in [5.41, 5.74) is 0. The van der Waals surface area contributed by atoms with Crippen molar-refractivity contribution in [3.8, 4) is 0 Å².